The zero-order valence-electron chi connectivity index (χ0n) is 18.1. The maximum atomic E-state index is 13.0. The molecule has 4 rings (SSSR count). The number of nitrogens with one attached hydrogen (secondary N) is 1. The summed E-state index contributed by atoms with van der Waals surface area (Å²) in [7, 11) is -3.80. The first kappa shape index (κ1) is 22.0. The molecule has 1 aliphatic rings. The molecule has 168 valence electrons. The first-order valence-corrected chi connectivity index (χ1v) is 11.7. The van der Waals surface area contributed by atoms with Gasteiger partial charge in [0.15, 0.2) is 12.4 Å². The lowest BCUT2D eigenvalue weighted by Gasteiger charge is -2.29. The Balaban J connectivity index is 1.60. The van der Waals surface area contributed by atoms with Crippen LogP contribution in [0.2, 0.25) is 0 Å². The highest BCUT2D eigenvalue weighted by atomic mass is 32.2. The molecule has 9 nitrogen and oxygen atoms in total. The second kappa shape index (κ2) is 8.71. The predicted octanol–water partition coefficient (Wildman–Crippen LogP) is 2.65. The van der Waals surface area contributed by atoms with Crippen LogP contribution in [0, 0.1) is 13.8 Å². The number of anilines is 1. The molecule has 32 heavy (non-hydrogen) atoms. The van der Waals surface area contributed by atoms with Crippen molar-refractivity contribution in [1.29, 1.82) is 0 Å². The lowest BCUT2D eigenvalue weighted by molar-refractivity contribution is -0.121. The van der Waals surface area contributed by atoms with Crippen LogP contribution >= 0.6 is 0 Å². The highest BCUT2D eigenvalue weighted by molar-refractivity contribution is 7.89. The van der Waals surface area contributed by atoms with Crippen LogP contribution < -0.4 is 14.4 Å². The summed E-state index contributed by atoms with van der Waals surface area (Å²) in [5, 5.41) is 3.90. The topological polar surface area (TPSA) is 115 Å². The second-order valence-electron chi connectivity index (χ2n) is 7.63. The van der Waals surface area contributed by atoms with Gasteiger partial charge in [-0.1, -0.05) is 41.9 Å². The molecule has 1 aliphatic heterocycles. The number of hydrogen-bond donors (Lipinski definition) is 1. The van der Waals surface area contributed by atoms with Gasteiger partial charge in [0.25, 0.3) is 5.91 Å². The van der Waals surface area contributed by atoms with E-state index in [9.17, 15) is 13.2 Å². The van der Waals surface area contributed by atoms with Crippen molar-refractivity contribution in [3.05, 3.63) is 64.8 Å². The van der Waals surface area contributed by atoms with E-state index in [0.717, 1.165) is 11.1 Å². The molecule has 3 aromatic rings. The van der Waals surface area contributed by atoms with Crippen molar-refractivity contribution in [1.82, 2.24) is 14.9 Å². The van der Waals surface area contributed by atoms with Crippen LogP contribution in [-0.2, 0) is 34.3 Å². The van der Waals surface area contributed by atoms with Crippen molar-refractivity contribution in [2.24, 2.45) is 0 Å². The van der Waals surface area contributed by atoms with Crippen LogP contribution in [0.15, 0.2) is 45.8 Å². The molecule has 1 amide bonds. The number of nitrogens with zero attached hydrogens (tertiary/aromatic N) is 3. The van der Waals surface area contributed by atoms with Gasteiger partial charge in [-0.25, -0.2) is 13.1 Å². The third kappa shape index (κ3) is 4.51. The Labute approximate surface area is 186 Å². The van der Waals surface area contributed by atoms with Crippen LogP contribution in [-0.4, -0.2) is 31.1 Å². The maximum absolute atomic E-state index is 13.0. The molecule has 0 saturated carbocycles. The summed E-state index contributed by atoms with van der Waals surface area (Å²) in [5.41, 5.74) is 2.88. The van der Waals surface area contributed by atoms with E-state index >= 15 is 0 Å². The summed E-state index contributed by atoms with van der Waals surface area (Å²) >= 11 is 0. The molecule has 2 aromatic carbocycles. The second-order valence-corrected chi connectivity index (χ2v) is 9.36. The van der Waals surface area contributed by atoms with E-state index in [1.54, 1.807) is 13.0 Å². The van der Waals surface area contributed by atoms with Crippen molar-refractivity contribution in [2.45, 2.75) is 45.2 Å². The molecule has 0 saturated heterocycles. The minimum Gasteiger partial charge on any atom is -0.482 e. The fourth-order valence-corrected chi connectivity index (χ4v) is 4.77. The smallest absolute Gasteiger partial charge is 0.265 e. The van der Waals surface area contributed by atoms with Gasteiger partial charge in [0, 0.05) is 19.0 Å². The number of amides is 1. The third-order valence-corrected chi connectivity index (χ3v) is 6.69. The van der Waals surface area contributed by atoms with Crippen molar-refractivity contribution in [3.8, 4) is 5.75 Å². The summed E-state index contributed by atoms with van der Waals surface area (Å²) < 4.78 is 39.3. The largest absolute Gasteiger partial charge is 0.482 e. The molecule has 1 N–H and O–H groups in total. The Kier molecular flexibility index (Phi) is 5.98. The van der Waals surface area contributed by atoms with Gasteiger partial charge in [0.2, 0.25) is 15.9 Å². The molecule has 10 heteroatoms. The molecule has 2 heterocycles. The van der Waals surface area contributed by atoms with Crippen LogP contribution in [0.25, 0.3) is 0 Å². The Morgan fingerprint density at radius 2 is 2.00 bits per heavy atom. The fourth-order valence-electron chi connectivity index (χ4n) is 3.51. The van der Waals surface area contributed by atoms with E-state index in [0.29, 0.717) is 35.1 Å². The lowest BCUT2D eigenvalue weighted by atomic mass is 10.1. The highest BCUT2D eigenvalue weighted by Crippen LogP contribution is 2.37. The lowest BCUT2D eigenvalue weighted by Crippen LogP contribution is -2.38. The Bertz CT molecular complexity index is 1270. The minimum absolute atomic E-state index is 0.103. The molecule has 0 bridgehead atoms. The van der Waals surface area contributed by atoms with Gasteiger partial charge in [-0.15, -0.1) is 0 Å². The summed E-state index contributed by atoms with van der Waals surface area (Å²) in [5.74, 6) is 0.897. The van der Waals surface area contributed by atoms with Gasteiger partial charge in [-0.05, 0) is 31.0 Å². The van der Waals surface area contributed by atoms with E-state index in [1.165, 1.54) is 11.0 Å². The molecule has 0 radical (unpaired) electrons. The molecule has 0 spiro atoms. The van der Waals surface area contributed by atoms with Gasteiger partial charge < -0.3 is 9.26 Å². The van der Waals surface area contributed by atoms with Crippen LogP contribution in [0.4, 0.5) is 5.69 Å². The first-order chi connectivity index (χ1) is 15.3. The Morgan fingerprint density at radius 3 is 2.72 bits per heavy atom. The highest BCUT2D eigenvalue weighted by Gasteiger charge is 2.30. The summed E-state index contributed by atoms with van der Waals surface area (Å²) in [4.78, 5) is 18.3. The van der Waals surface area contributed by atoms with Crippen molar-refractivity contribution in [2.75, 3.05) is 11.5 Å². The number of hydrogen-bond acceptors (Lipinski definition) is 7. The molecule has 1 aromatic heterocycles. The van der Waals surface area contributed by atoms with Crippen LogP contribution in [0.5, 0.6) is 5.75 Å². The molecule has 0 fully saturated rings. The number of carbonyl (C=O) groups is 1. The number of carbonyl (C=O) groups excluding carboxylic acids is 1. The minimum atomic E-state index is -3.80. The van der Waals surface area contributed by atoms with E-state index < -0.39 is 10.0 Å². The number of aromatic nitrogens is 2. The molecule has 0 aliphatic carbocycles. The summed E-state index contributed by atoms with van der Waals surface area (Å²) in [6.45, 7) is 5.60. The van der Waals surface area contributed by atoms with Gasteiger partial charge in [0.05, 0.1) is 17.1 Å². The van der Waals surface area contributed by atoms with Crippen molar-refractivity contribution >= 4 is 21.6 Å². The normalized spacial score (nSPS) is 13.7. The summed E-state index contributed by atoms with van der Waals surface area (Å²) in [6.07, 6.45) is 0.594. The zero-order chi connectivity index (χ0) is 22.9. The van der Waals surface area contributed by atoms with E-state index in [-0.39, 0.29) is 30.5 Å². The van der Waals surface area contributed by atoms with Crippen molar-refractivity contribution < 1.29 is 22.5 Å². The molecule has 0 atom stereocenters. The van der Waals surface area contributed by atoms with Crippen LogP contribution in [0.1, 0.15) is 35.3 Å². The summed E-state index contributed by atoms with van der Waals surface area (Å²) in [6, 6.07) is 10.7. The monoisotopic (exact) mass is 456 g/mol. The average molecular weight is 457 g/mol. The zero-order valence-corrected chi connectivity index (χ0v) is 18.9. The predicted molar refractivity (Wildman–Crippen MR) is 117 cm³/mol. The fraction of sp³-hybridized carbons (Fsp3) is 0.318. The number of ether oxygens (including phenoxy) is 1. The first-order valence-electron chi connectivity index (χ1n) is 10.2. The van der Waals surface area contributed by atoms with Gasteiger partial charge in [-0.3, -0.25) is 9.69 Å². The molecule has 0 unspecified atom stereocenters. The van der Waals surface area contributed by atoms with E-state index in [2.05, 4.69) is 14.9 Å². The van der Waals surface area contributed by atoms with Gasteiger partial charge in [-0.2, -0.15) is 4.98 Å². The molecular weight excluding hydrogens is 432 g/mol. The van der Waals surface area contributed by atoms with Gasteiger partial charge in [0.1, 0.15) is 5.75 Å². The molecular formula is C22H24N4O5S. The number of aryl methyl sites for hydroxylation is 3. The van der Waals surface area contributed by atoms with Crippen LogP contribution in [0.3, 0.4) is 0 Å². The van der Waals surface area contributed by atoms with Gasteiger partial charge >= 0.3 is 0 Å². The van der Waals surface area contributed by atoms with E-state index in [1.807, 2.05) is 38.1 Å². The number of sulfonamides is 1. The number of rotatable bonds is 7. The van der Waals surface area contributed by atoms with E-state index in [4.69, 9.17) is 9.26 Å². The quantitative estimate of drug-likeness (QED) is 0.581. The third-order valence-electron chi connectivity index (χ3n) is 5.15. The maximum Gasteiger partial charge on any atom is 0.265 e. The van der Waals surface area contributed by atoms with Crippen molar-refractivity contribution in [3.63, 3.8) is 0 Å². The average Bonchev–Trinajstić information content (AvgIpc) is 3.22. The SMILES string of the molecule is CCc1nc(CN2C(=O)COc3cc(S(=O)(=O)NCc4cccc(C)c4)c(C)cc32)no1. The number of fused-ring (bicyclic) bond motifs is 1. The Hall–Kier alpha value is -3.24. The Morgan fingerprint density at radius 1 is 1.19 bits per heavy atom. The number of benzene rings is 2. The standard InChI is InChI=1S/C22H24N4O5S/c1-4-21-24-20(25-31-21)12-26-17-9-15(3)19(10-18(17)30-13-22(26)27)32(28,29)23-11-16-7-5-6-14(2)8-16/h5-10,23H,4,11-13H2,1-3H3.